The average molecular weight is 315 g/mol. The number of hydrogen-bond acceptors (Lipinski definition) is 4. The van der Waals surface area contributed by atoms with E-state index in [-0.39, 0.29) is 5.97 Å². The van der Waals surface area contributed by atoms with E-state index in [1.807, 2.05) is 31.2 Å². The molecule has 5 heteroatoms. The maximum atomic E-state index is 11.0. The van der Waals surface area contributed by atoms with E-state index in [9.17, 15) is 9.59 Å². The third kappa shape index (κ3) is 6.22. The predicted molar refractivity (Wildman–Crippen MR) is 90.0 cm³/mol. The Hall–Kier alpha value is -2.82. The molecule has 0 amide bonds. The predicted octanol–water partition coefficient (Wildman–Crippen LogP) is 3.68. The molecule has 122 valence electrons. The highest BCUT2D eigenvalue weighted by Gasteiger charge is 2.06. The summed E-state index contributed by atoms with van der Waals surface area (Å²) in [5, 5.41) is 11.7. The average Bonchev–Trinajstić information content (AvgIpc) is 2.57. The van der Waals surface area contributed by atoms with Crippen molar-refractivity contribution in [3.63, 3.8) is 0 Å². The maximum absolute atomic E-state index is 11.0. The number of benzene rings is 2. The Morgan fingerprint density at radius 3 is 2.17 bits per heavy atom. The second-order valence-electron chi connectivity index (χ2n) is 4.47. The SMILES string of the molecule is CCNc1ccccc1C(=O)O.CCOC(=O)c1ccccc1. The van der Waals surface area contributed by atoms with Crippen molar-refractivity contribution >= 4 is 17.6 Å². The lowest BCUT2D eigenvalue weighted by molar-refractivity contribution is 0.0526. The summed E-state index contributed by atoms with van der Waals surface area (Å²) in [6.07, 6.45) is 0. The maximum Gasteiger partial charge on any atom is 0.338 e. The van der Waals surface area contributed by atoms with Gasteiger partial charge in [0.1, 0.15) is 0 Å². The minimum atomic E-state index is -0.897. The van der Waals surface area contributed by atoms with Crippen molar-refractivity contribution in [1.82, 2.24) is 0 Å². The smallest absolute Gasteiger partial charge is 0.338 e. The van der Waals surface area contributed by atoms with E-state index < -0.39 is 5.97 Å². The van der Waals surface area contributed by atoms with E-state index in [4.69, 9.17) is 9.84 Å². The second-order valence-corrected chi connectivity index (χ2v) is 4.47. The number of carboxylic acid groups (broad SMARTS) is 1. The van der Waals surface area contributed by atoms with Crippen LogP contribution in [0.5, 0.6) is 0 Å². The standard InChI is InChI=1S/C9H11NO2.C9H10O2/c1-2-10-8-6-4-3-5-7(8)9(11)12;1-2-11-9(10)8-6-4-3-5-7-8/h3-6,10H,2H2,1H3,(H,11,12);3-7H,2H2,1H3. The molecule has 0 spiro atoms. The number of carboxylic acids is 1. The Morgan fingerprint density at radius 2 is 1.61 bits per heavy atom. The summed E-state index contributed by atoms with van der Waals surface area (Å²) in [5.74, 6) is -1.15. The number of carbonyl (C=O) groups excluding carboxylic acids is 1. The summed E-state index contributed by atoms with van der Waals surface area (Å²) in [5.41, 5.74) is 1.60. The summed E-state index contributed by atoms with van der Waals surface area (Å²) < 4.78 is 4.79. The summed E-state index contributed by atoms with van der Waals surface area (Å²) in [6, 6.07) is 15.8. The molecule has 0 radical (unpaired) electrons. The van der Waals surface area contributed by atoms with E-state index in [1.165, 1.54) is 0 Å². The van der Waals surface area contributed by atoms with Gasteiger partial charge in [-0.2, -0.15) is 0 Å². The number of para-hydroxylation sites is 1. The van der Waals surface area contributed by atoms with Gasteiger partial charge in [0.25, 0.3) is 0 Å². The van der Waals surface area contributed by atoms with Crippen molar-refractivity contribution in [2.45, 2.75) is 13.8 Å². The molecule has 5 nitrogen and oxygen atoms in total. The molecular formula is C18H21NO4. The van der Waals surface area contributed by atoms with Crippen molar-refractivity contribution in [1.29, 1.82) is 0 Å². The van der Waals surface area contributed by atoms with Crippen LogP contribution in [0.1, 0.15) is 34.6 Å². The molecular weight excluding hydrogens is 294 g/mol. The number of esters is 1. The van der Waals surface area contributed by atoms with Crippen LogP contribution in [-0.2, 0) is 4.74 Å². The van der Waals surface area contributed by atoms with Gasteiger partial charge in [0.2, 0.25) is 0 Å². The van der Waals surface area contributed by atoms with E-state index in [0.29, 0.717) is 23.4 Å². The number of nitrogens with one attached hydrogen (secondary N) is 1. The fourth-order valence-corrected chi connectivity index (χ4v) is 1.80. The summed E-state index contributed by atoms with van der Waals surface area (Å²) in [7, 11) is 0. The first-order valence-corrected chi connectivity index (χ1v) is 7.38. The summed E-state index contributed by atoms with van der Waals surface area (Å²) in [4.78, 5) is 21.7. The first kappa shape index (κ1) is 18.2. The molecule has 2 aromatic carbocycles. The topological polar surface area (TPSA) is 75.6 Å². The van der Waals surface area contributed by atoms with Gasteiger partial charge in [0.05, 0.1) is 17.7 Å². The summed E-state index contributed by atoms with van der Waals surface area (Å²) in [6.45, 7) is 4.87. The molecule has 0 aliphatic carbocycles. The van der Waals surface area contributed by atoms with Crippen LogP contribution in [0.3, 0.4) is 0 Å². The van der Waals surface area contributed by atoms with Gasteiger partial charge in [-0.3, -0.25) is 0 Å². The normalized spacial score (nSPS) is 9.30. The van der Waals surface area contributed by atoms with Crippen LogP contribution in [0.4, 0.5) is 5.69 Å². The monoisotopic (exact) mass is 315 g/mol. The number of rotatable bonds is 5. The van der Waals surface area contributed by atoms with Gasteiger partial charge in [0, 0.05) is 12.2 Å². The van der Waals surface area contributed by atoms with Crippen LogP contribution in [0.2, 0.25) is 0 Å². The third-order valence-electron chi connectivity index (χ3n) is 2.81. The molecule has 0 aliphatic rings. The Labute approximate surface area is 135 Å². The fourth-order valence-electron chi connectivity index (χ4n) is 1.80. The highest BCUT2D eigenvalue weighted by Crippen LogP contribution is 2.13. The molecule has 0 fully saturated rings. The van der Waals surface area contributed by atoms with E-state index in [2.05, 4.69) is 5.32 Å². The Kier molecular flexibility index (Phi) is 7.92. The molecule has 2 rings (SSSR count). The van der Waals surface area contributed by atoms with E-state index >= 15 is 0 Å². The summed E-state index contributed by atoms with van der Waals surface area (Å²) >= 11 is 0. The molecule has 2 N–H and O–H groups in total. The Bertz CT molecular complexity index is 626. The van der Waals surface area contributed by atoms with Crippen LogP contribution in [-0.4, -0.2) is 30.2 Å². The van der Waals surface area contributed by atoms with Crippen LogP contribution >= 0.6 is 0 Å². The number of aromatic carboxylic acids is 1. The molecule has 0 atom stereocenters. The zero-order valence-corrected chi connectivity index (χ0v) is 13.3. The number of ether oxygens (including phenoxy) is 1. The molecule has 0 aliphatic heterocycles. The second kappa shape index (κ2) is 10.00. The van der Waals surface area contributed by atoms with Gasteiger partial charge in [0.15, 0.2) is 0 Å². The molecule has 2 aromatic rings. The molecule has 0 unspecified atom stereocenters. The molecule has 0 heterocycles. The van der Waals surface area contributed by atoms with Crippen molar-refractivity contribution in [2.24, 2.45) is 0 Å². The van der Waals surface area contributed by atoms with Crippen molar-refractivity contribution < 1.29 is 19.4 Å². The number of carbonyl (C=O) groups is 2. The number of hydrogen-bond donors (Lipinski definition) is 2. The van der Waals surface area contributed by atoms with Gasteiger partial charge in [-0.25, -0.2) is 9.59 Å². The van der Waals surface area contributed by atoms with Gasteiger partial charge in [-0.1, -0.05) is 30.3 Å². The molecule has 23 heavy (non-hydrogen) atoms. The minimum absolute atomic E-state index is 0.256. The lowest BCUT2D eigenvalue weighted by Gasteiger charge is -2.05. The largest absolute Gasteiger partial charge is 0.478 e. The minimum Gasteiger partial charge on any atom is -0.478 e. The first-order chi connectivity index (χ1) is 11.1. The molecule has 0 aromatic heterocycles. The van der Waals surface area contributed by atoms with Crippen LogP contribution in [0.15, 0.2) is 54.6 Å². The van der Waals surface area contributed by atoms with Gasteiger partial charge in [-0.15, -0.1) is 0 Å². The van der Waals surface area contributed by atoms with Gasteiger partial charge < -0.3 is 15.2 Å². The number of anilines is 1. The quantitative estimate of drug-likeness (QED) is 0.823. The zero-order chi connectivity index (χ0) is 17.1. The first-order valence-electron chi connectivity index (χ1n) is 7.38. The third-order valence-corrected chi connectivity index (χ3v) is 2.81. The highest BCUT2D eigenvalue weighted by atomic mass is 16.5. The molecule has 0 saturated carbocycles. The molecule has 0 bridgehead atoms. The van der Waals surface area contributed by atoms with Crippen LogP contribution < -0.4 is 5.32 Å². The fraction of sp³-hybridized carbons (Fsp3) is 0.222. The van der Waals surface area contributed by atoms with E-state index in [0.717, 1.165) is 6.54 Å². The lowest BCUT2D eigenvalue weighted by Crippen LogP contribution is -2.04. The van der Waals surface area contributed by atoms with Crippen LogP contribution in [0.25, 0.3) is 0 Å². The van der Waals surface area contributed by atoms with Gasteiger partial charge in [-0.05, 0) is 38.1 Å². The lowest BCUT2D eigenvalue weighted by atomic mass is 10.2. The van der Waals surface area contributed by atoms with Crippen LogP contribution in [0, 0.1) is 0 Å². The Balaban J connectivity index is 0.000000231. The van der Waals surface area contributed by atoms with Crippen molar-refractivity contribution in [3.05, 3.63) is 65.7 Å². The van der Waals surface area contributed by atoms with Crippen molar-refractivity contribution in [2.75, 3.05) is 18.5 Å². The van der Waals surface area contributed by atoms with Gasteiger partial charge >= 0.3 is 11.9 Å². The molecule has 0 saturated heterocycles. The zero-order valence-electron chi connectivity index (χ0n) is 13.3. The highest BCUT2D eigenvalue weighted by molar-refractivity contribution is 5.94. The van der Waals surface area contributed by atoms with Crippen molar-refractivity contribution in [3.8, 4) is 0 Å². The Morgan fingerprint density at radius 1 is 1.00 bits per heavy atom. The van der Waals surface area contributed by atoms with E-state index in [1.54, 1.807) is 37.3 Å².